The van der Waals surface area contributed by atoms with E-state index in [0.29, 0.717) is 31.0 Å². The molecule has 1 amide bonds. The summed E-state index contributed by atoms with van der Waals surface area (Å²) in [7, 11) is 0. The van der Waals surface area contributed by atoms with Crippen LogP contribution in [0.5, 0.6) is 5.75 Å². The Bertz CT molecular complexity index is 1260. The molecule has 1 aliphatic rings. The summed E-state index contributed by atoms with van der Waals surface area (Å²) in [4.78, 5) is 22.5. The zero-order valence-electron chi connectivity index (χ0n) is 19.6. The first-order valence-corrected chi connectivity index (χ1v) is 12.0. The van der Waals surface area contributed by atoms with Gasteiger partial charge in [-0.3, -0.25) is 9.69 Å². The van der Waals surface area contributed by atoms with Crippen LogP contribution in [0.1, 0.15) is 17.3 Å². The fourth-order valence-electron chi connectivity index (χ4n) is 4.67. The van der Waals surface area contributed by atoms with Gasteiger partial charge in [0.25, 0.3) is 5.91 Å². The molecule has 6 nitrogen and oxygen atoms in total. The van der Waals surface area contributed by atoms with Crippen LogP contribution in [0.15, 0.2) is 79.1 Å². The Morgan fingerprint density at radius 3 is 2.47 bits per heavy atom. The summed E-state index contributed by atoms with van der Waals surface area (Å²) < 4.78 is 8.04. The number of rotatable bonds is 7. The van der Waals surface area contributed by atoms with Crippen LogP contribution < -0.4 is 4.74 Å². The van der Waals surface area contributed by atoms with Gasteiger partial charge in [-0.2, -0.15) is 0 Å². The van der Waals surface area contributed by atoms with Gasteiger partial charge in [0.15, 0.2) is 0 Å². The number of amides is 1. The maximum Gasteiger partial charge on any atom is 0.258 e. The molecule has 0 unspecified atom stereocenters. The molecule has 0 saturated carbocycles. The molecule has 0 bridgehead atoms. The van der Waals surface area contributed by atoms with Gasteiger partial charge in [0.2, 0.25) is 0 Å². The van der Waals surface area contributed by atoms with E-state index in [1.54, 1.807) is 0 Å². The Hall–Kier alpha value is -3.64. The number of hydrogen-bond acceptors (Lipinski definition) is 4. The summed E-state index contributed by atoms with van der Waals surface area (Å²) in [5.74, 6) is 1.72. The van der Waals surface area contributed by atoms with E-state index >= 15 is 0 Å². The van der Waals surface area contributed by atoms with Gasteiger partial charge in [-0.05, 0) is 23.8 Å². The number of carbonyl (C=O) groups excluding carboxylic acids is 1. The van der Waals surface area contributed by atoms with Crippen molar-refractivity contribution in [1.82, 2.24) is 19.4 Å². The number of piperazine rings is 1. The first-order chi connectivity index (χ1) is 16.7. The molecule has 0 aliphatic carbocycles. The normalized spacial score (nSPS) is 14.4. The molecule has 4 aromatic rings. The molecular weight excluding hydrogens is 424 g/mol. The Kier molecular flexibility index (Phi) is 6.58. The van der Waals surface area contributed by atoms with Gasteiger partial charge in [-0.25, -0.2) is 4.98 Å². The average molecular weight is 455 g/mol. The van der Waals surface area contributed by atoms with Crippen LogP contribution in [0.2, 0.25) is 0 Å². The number of aromatic nitrogens is 2. The molecule has 2 heterocycles. The number of carbonyl (C=O) groups is 1. The lowest BCUT2D eigenvalue weighted by molar-refractivity contribution is 0.0631. The third-order valence-electron chi connectivity index (χ3n) is 6.47. The second-order valence-electron chi connectivity index (χ2n) is 8.54. The Balaban J connectivity index is 1.24. The topological polar surface area (TPSA) is 50.6 Å². The summed E-state index contributed by atoms with van der Waals surface area (Å²) in [5.41, 5.74) is 1.81. The highest BCUT2D eigenvalue weighted by Gasteiger charge is 2.26. The molecule has 5 rings (SSSR count). The van der Waals surface area contributed by atoms with Crippen LogP contribution in [-0.4, -0.2) is 64.6 Å². The van der Waals surface area contributed by atoms with Gasteiger partial charge >= 0.3 is 0 Å². The zero-order chi connectivity index (χ0) is 23.3. The molecular formula is C28H30N4O2. The molecule has 34 heavy (non-hydrogen) atoms. The minimum Gasteiger partial charge on any atom is -0.493 e. The van der Waals surface area contributed by atoms with Crippen molar-refractivity contribution in [2.24, 2.45) is 0 Å². The smallest absolute Gasteiger partial charge is 0.258 e. The molecule has 0 spiro atoms. The Morgan fingerprint density at radius 2 is 1.68 bits per heavy atom. The predicted molar refractivity (Wildman–Crippen MR) is 135 cm³/mol. The van der Waals surface area contributed by atoms with Crippen LogP contribution in [0, 0.1) is 0 Å². The minimum absolute atomic E-state index is 0.0564. The summed E-state index contributed by atoms with van der Waals surface area (Å²) in [6.07, 6.45) is 3.90. The van der Waals surface area contributed by atoms with Gasteiger partial charge in [0, 0.05) is 57.2 Å². The third-order valence-corrected chi connectivity index (χ3v) is 6.47. The van der Waals surface area contributed by atoms with Gasteiger partial charge in [0.05, 0.1) is 12.2 Å². The molecule has 0 N–H and O–H groups in total. The van der Waals surface area contributed by atoms with E-state index in [1.807, 2.05) is 78.8 Å². The maximum absolute atomic E-state index is 13.6. The zero-order valence-corrected chi connectivity index (χ0v) is 19.6. The van der Waals surface area contributed by atoms with Gasteiger partial charge in [0.1, 0.15) is 11.6 Å². The molecule has 1 aromatic heterocycles. The second kappa shape index (κ2) is 10.1. The highest BCUT2D eigenvalue weighted by atomic mass is 16.5. The standard InChI is InChI=1S/C28H30N4O2/c1-2-34-25-13-12-22-8-6-7-11-24(22)26(25)28(33)32-20-17-30(18-21-32)16-19-31-15-14-29-27(31)23-9-4-3-5-10-23/h3-15H,2,16-21H2,1H3. The first-order valence-electron chi connectivity index (χ1n) is 12.0. The molecule has 1 aliphatic heterocycles. The van der Waals surface area contributed by atoms with Crippen molar-refractivity contribution < 1.29 is 9.53 Å². The number of imidazole rings is 1. The Labute approximate surface area is 200 Å². The van der Waals surface area contributed by atoms with Crippen LogP contribution in [-0.2, 0) is 6.54 Å². The van der Waals surface area contributed by atoms with Gasteiger partial charge < -0.3 is 14.2 Å². The molecule has 1 saturated heterocycles. The predicted octanol–water partition coefficient (Wildman–Crippen LogP) is 4.56. The maximum atomic E-state index is 13.6. The quantitative estimate of drug-likeness (QED) is 0.411. The van der Waals surface area contributed by atoms with Crippen molar-refractivity contribution in [2.75, 3.05) is 39.3 Å². The van der Waals surface area contributed by atoms with Crippen molar-refractivity contribution in [3.8, 4) is 17.1 Å². The van der Waals surface area contributed by atoms with E-state index in [0.717, 1.165) is 48.3 Å². The van der Waals surface area contributed by atoms with Crippen molar-refractivity contribution in [3.05, 3.63) is 84.7 Å². The van der Waals surface area contributed by atoms with Crippen LogP contribution in [0.3, 0.4) is 0 Å². The number of hydrogen-bond donors (Lipinski definition) is 0. The number of nitrogens with zero attached hydrogens (tertiary/aromatic N) is 4. The fourth-order valence-corrected chi connectivity index (χ4v) is 4.67. The fraction of sp³-hybridized carbons (Fsp3) is 0.286. The lowest BCUT2D eigenvalue weighted by Crippen LogP contribution is -2.49. The molecule has 1 fully saturated rings. The van der Waals surface area contributed by atoms with E-state index in [-0.39, 0.29) is 5.91 Å². The number of fused-ring (bicyclic) bond motifs is 1. The molecule has 174 valence electrons. The van der Waals surface area contributed by atoms with E-state index in [1.165, 1.54) is 0 Å². The second-order valence-corrected chi connectivity index (χ2v) is 8.54. The Morgan fingerprint density at radius 1 is 0.912 bits per heavy atom. The molecule has 0 atom stereocenters. The van der Waals surface area contributed by atoms with Crippen molar-refractivity contribution in [3.63, 3.8) is 0 Å². The molecule has 3 aromatic carbocycles. The minimum atomic E-state index is 0.0564. The average Bonchev–Trinajstić information content (AvgIpc) is 3.37. The SMILES string of the molecule is CCOc1ccc2ccccc2c1C(=O)N1CCN(CCn2ccnc2-c2ccccc2)CC1. The lowest BCUT2D eigenvalue weighted by atomic mass is 10.0. The third kappa shape index (κ3) is 4.54. The van der Waals surface area contributed by atoms with Crippen molar-refractivity contribution >= 4 is 16.7 Å². The first kappa shape index (κ1) is 22.2. The largest absolute Gasteiger partial charge is 0.493 e. The highest BCUT2D eigenvalue weighted by Crippen LogP contribution is 2.30. The monoisotopic (exact) mass is 454 g/mol. The van der Waals surface area contributed by atoms with Crippen LogP contribution in [0.25, 0.3) is 22.2 Å². The van der Waals surface area contributed by atoms with E-state index in [4.69, 9.17) is 4.74 Å². The van der Waals surface area contributed by atoms with Crippen LogP contribution in [0.4, 0.5) is 0 Å². The van der Waals surface area contributed by atoms with E-state index < -0.39 is 0 Å². The van der Waals surface area contributed by atoms with Crippen molar-refractivity contribution in [2.45, 2.75) is 13.5 Å². The molecule has 0 radical (unpaired) electrons. The van der Waals surface area contributed by atoms with Gasteiger partial charge in [-0.1, -0.05) is 60.7 Å². The highest BCUT2D eigenvalue weighted by molar-refractivity contribution is 6.09. The summed E-state index contributed by atoms with van der Waals surface area (Å²) >= 11 is 0. The van der Waals surface area contributed by atoms with Crippen LogP contribution >= 0.6 is 0 Å². The lowest BCUT2D eigenvalue weighted by Gasteiger charge is -2.35. The molecule has 6 heteroatoms. The summed E-state index contributed by atoms with van der Waals surface area (Å²) in [6, 6.07) is 22.3. The summed E-state index contributed by atoms with van der Waals surface area (Å²) in [6.45, 7) is 7.42. The number of ether oxygens (including phenoxy) is 1. The summed E-state index contributed by atoms with van der Waals surface area (Å²) in [5, 5.41) is 2.01. The number of benzene rings is 3. The van der Waals surface area contributed by atoms with Crippen molar-refractivity contribution in [1.29, 1.82) is 0 Å². The van der Waals surface area contributed by atoms with Gasteiger partial charge in [-0.15, -0.1) is 0 Å². The van der Waals surface area contributed by atoms with E-state index in [2.05, 4.69) is 26.6 Å². The van der Waals surface area contributed by atoms with E-state index in [9.17, 15) is 4.79 Å².